The maximum atomic E-state index is 14.0. The van der Waals surface area contributed by atoms with Crippen LogP contribution in [0.5, 0.6) is 5.75 Å². The first-order valence-electron chi connectivity index (χ1n) is 12.9. The number of likely N-dealkylation sites (tertiary alicyclic amines) is 1. The molecule has 1 aliphatic rings. The van der Waals surface area contributed by atoms with Gasteiger partial charge < -0.3 is 10.1 Å². The molecule has 0 unspecified atom stereocenters. The van der Waals surface area contributed by atoms with E-state index < -0.39 is 5.82 Å². The number of pyridine rings is 1. The number of hydrogen-bond donors (Lipinski definition) is 3. The van der Waals surface area contributed by atoms with E-state index in [0.29, 0.717) is 5.56 Å². The third kappa shape index (κ3) is 4.11. The highest BCUT2D eigenvalue weighted by Crippen LogP contribution is 2.36. The third-order valence-corrected chi connectivity index (χ3v) is 7.41. The lowest BCUT2D eigenvalue weighted by Gasteiger charge is -2.14. The van der Waals surface area contributed by atoms with Crippen LogP contribution in [0.25, 0.3) is 55.4 Å². The largest absolute Gasteiger partial charge is 0.508 e. The summed E-state index contributed by atoms with van der Waals surface area (Å²) in [5, 5.41) is 19.7. The number of phenols is 1. The Hall–Kier alpha value is -4.49. The number of halogens is 1. The number of aromatic hydroxyl groups is 1. The number of rotatable bonds is 5. The van der Waals surface area contributed by atoms with Crippen molar-refractivity contribution in [1.82, 2.24) is 25.1 Å². The summed E-state index contributed by atoms with van der Waals surface area (Å²) in [4.78, 5) is 10.5. The van der Waals surface area contributed by atoms with Gasteiger partial charge in [-0.25, -0.2) is 4.39 Å². The first kappa shape index (κ1) is 22.7. The Labute approximate surface area is 218 Å². The normalized spacial score (nSPS) is 14.1. The van der Waals surface area contributed by atoms with Crippen LogP contribution in [0.4, 0.5) is 4.39 Å². The van der Waals surface area contributed by atoms with Gasteiger partial charge in [-0.3, -0.25) is 15.0 Å². The molecule has 1 fully saturated rings. The Balaban J connectivity index is 1.28. The van der Waals surface area contributed by atoms with Crippen molar-refractivity contribution in [2.24, 2.45) is 0 Å². The summed E-state index contributed by atoms with van der Waals surface area (Å²) < 4.78 is 14.0. The predicted molar refractivity (Wildman–Crippen MR) is 148 cm³/mol. The second-order valence-corrected chi connectivity index (χ2v) is 10.0. The van der Waals surface area contributed by atoms with Gasteiger partial charge in [-0.2, -0.15) is 5.10 Å². The molecule has 1 aliphatic heterocycles. The molecule has 0 spiro atoms. The molecule has 6 nitrogen and oxygen atoms in total. The molecule has 3 aromatic heterocycles. The molecule has 188 valence electrons. The maximum absolute atomic E-state index is 14.0. The number of nitrogens with zero attached hydrogens (tertiary/aromatic N) is 3. The summed E-state index contributed by atoms with van der Waals surface area (Å²) >= 11 is 0. The van der Waals surface area contributed by atoms with Gasteiger partial charge >= 0.3 is 0 Å². The molecular formula is C31H26FN5O. The standard InChI is InChI=1S/C31H26FN5O/c32-23-11-21(12-24(38)14-23)25-4-3-5-28-26(25)15-30(34-28)31-27-13-20(6-7-29(27)35-36-31)22-10-19(16-33-17-22)18-37-8-1-2-9-37/h3-7,10-17,34,38H,1-2,8-9,18H2,(H,35,36). The number of aromatic amines is 2. The zero-order chi connectivity index (χ0) is 25.6. The van der Waals surface area contributed by atoms with Crippen molar-refractivity contribution in [2.75, 3.05) is 13.1 Å². The lowest BCUT2D eigenvalue weighted by Crippen LogP contribution is -2.18. The van der Waals surface area contributed by atoms with Crippen molar-refractivity contribution in [3.05, 3.63) is 90.5 Å². The van der Waals surface area contributed by atoms with Crippen LogP contribution >= 0.6 is 0 Å². The lowest BCUT2D eigenvalue weighted by atomic mass is 10.0. The molecule has 0 radical (unpaired) electrons. The van der Waals surface area contributed by atoms with Crippen molar-refractivity contribution in [1.29, 1.82) is 0 Å². The van der Waals surface area contributed by atoms with E-state index in [1.807, 2.05) is 36.7 Å². The van der Waals surface area contributed by atoms with Crippen molar-refractivity contribution < 1.29 is 9.50 Å². The van der Waals surface area contributed by atoms with Crippen LogP contribution in [0.3, 0.4) is 0 Å². The summed E-state index contributed by atoms with van der Waals surface area (Å²) in [6, 6.07) is 20.5. The molecule has 0 saturated carbocycles. The molecule has 3 N–H and O–H groups in total. The Morgan fingerprint density at radius 3 is 2.61 bits per heavy atom. The second-order valence-electron chi connectivity index (χ2n) is 10.0. The first-order valence-corrected chi connectivity index (χ1v) is 12.9. The molecule has 4 heterocycles. The molecule has 38 heavy (non-hydrogen) atoms. The van der Waals surface area contributed by atoms with E-state index in [1.165, 1.54) is 24.5 Å². The van der Waals surface area contributed by atoms with E-state index >= 15 is 0 Å². The van der Waals surface area contributed by atoms with Crippen LogP contribution in [0.2, 0.25) is 0 Å². The summed E-state index contributed by atoms with van der Waals surface area (Å²) in [7, 11) is 0. The molecule has 7 heteroatoms. The van der Waals surface area contributed by atoms with Crippen molar-refractivity contribution in [2.45, 2.75) is 19.4 Å². The Morgan fingerprint density at radius 1 is 0.842 bits per heavy atom. The van der Waals surface area contributed by atoms with Crippen LogP contribution in [0.1, 0.15) is 18.4 Å². The Bertz CT molecular complexity index is 1780. The van der Waals surface area contributed by atoms with Gasteiger partial charge in [0.2, 0.25) is 0 Å². The topological polar surface area (TPSA) is 80.8 Å². The molecule has 3 aromatic carbocycles. The highest BCUT2D eigenvalue weighted by Gasteiger charge is 2.16. The molecule has 0 aliphatic carbocycles. The fourth-order valence-electron chi connectivity index (χ4n) is 5.59. The summed E-state index contributed by atoms with van der Waals surface area (Å²) in [6.45, 7) is 3.24. The summed E-state index contributed by atoms with van der Waals surface area (Å²) in [5.74, 6) is -0.574. The summed E-state index contributed by atoms with van der Waals surface area (Å²) in [5.41, 5.74) is 8.37. The number of benzene rings is 3. The highest BCUT2D eigenvalue weighted by atomic mass is 19.1. The van der Waals surface area contributed by atoms with Crippen LogP contribution in [-0.4, -0.2) is 43.3 Å². The molecule has 1 saturated heterocycles. The zero-order valence-electron chi connectivity index (χ0n) is 20.7. The van der Waals surface area contributed by atoms with Crippen LogP contribution in [0.15, 0.2) is 79.1 Å². The molecule has 0 bridgehead atoms. The fraction of sp³-hybridized carbons (Fsp3) is 0.161. The molecular weight excluding hydrogens is 477 g/mol. The van der Waals surface area contributed by atoms with Gasteiger partial charge in [0.1, 0.15) is 17.3 Å². The number of hydrogen-bond acceptors (Lipinski definition) is 4. The average Bonchev–Trinajstić information content (AvgIpc) is 3.67. The minimum absolute atomic E-state index is 0.0995. The van der Waals surface area contributed by atoms with Gasteiger partial charge in [-0.1, -0.05) is 18.2 Å². The fourth-order valence-corrected chi connectivity index (χ4v) is 5.59. The molecule has 0 amide bonds. The predicted octanol–water partition coefficient (Wildman–Crippen LogP) is 6.88. The highest BCUT2D eigenvalue weighted by molar-refractivity contribution is 6.02. The van der Waals surface area contributed by atoms with Crippen LogP contribution in [0, 0.1) is 5.82 Å². The molecule has 7 rings (SSSR count). The van der Waals surface area contributed by atoms with E-state index in [2.05, 4.69) is 49.3 Å². The van der Waals surface area contributed by atoms with Crippen LogP contribution < -0.4 is 0 Å². The van der Waals surface area contributed by atoms with Gasteiger partial charge in [0.05, 0.1) is 11.2 Å². The number of aromatic nitrogens is 4. The van der Waals surface area contributed by atoms with E-state index in [0.717, 1.165) is 75.6 Å². The zero-order valence-corrected chi connectivity index (χ0v) is 20.7. The van der Waals surface area contributed by atoms with Gasteiger partial charge in [-0.05, 0) is 90.6 Å². The van der Waals surface area contributed by atoms with Gasteiger partial charge in [-0.15, -0.1) is 0 Å². The minimum atomic E-state index is -0.474. The quantitative estimate of drug-likeness (QED) is 0.240. The second kappa shape index (κ2) is 9.11. The first-order chi connectivity index (χ1) is 18.6. The van der Waals surface area contributed by atoms with E-state index in [-0.39, 0.29) is 5.75 Å². The smallest absolute Gasteiger partial charge is 0.127 e. The van der Waals surface area contributed by atoms with E-state index in [1.54, 1.807) is 6.07 Å². The van der Waals surface area contributed by atoms with Crippen molar-refractivity contribution in [3.8, 4) is 39.4 Å². The number of phenolic OH excluding ortho intramolecular Hbond substituents is 1. The van der Waals surface area contributed by atoms with Crippen molar-refractivity contribution in [3.63, 3.8) is 0 Å². The van der Waals surface area contributed by atoms with E-state index in [4.69, 9.17) is 0 Å². The SMILES string of the molecule is Oc1cc(F)cc(-c2cccc3[nH]c(-c4n[nH]c5ccc(-c6cncc(CN7CCCC7)c6)cc45)cc23)c1. The minimum Gasteiger partial charge on any atom is -0.508 e. The maximum Gasteiger partial charge on any atom is 0.127 e. The number of H-pyrrole nitrogens is 2. The van der Waals surface area contributed by atoms with Crippen molar-refractivity contribution >= 4 is 21.8 Å². The Kier molecular flexibility index (Phi) is 5.44. The van der Waals surface area contributed by atoms with E-state index in [9.17, 15) is 9.50 Å². The molecule has 0 atom stereocenters. The van der Waals surface area contributed by atoms with Gasteiger partial charge in [0.25, 0.3) is 0 Å². The lowest BCUT2D eigenvalue weighted by molar-refractivity contribution is 0.331. The monoisotopic (exact) mass is 503 g/mol. The molecule has 6 aromatic rings. The van der Waals surface area contributed by atoms with Crippen LogP contribution in [-0.2, 0) is 6.54 Å². The summed E-state index contributed by atoms with van der Waals surface area (Å²) in [6.07, 6.45) is 6.42. The number of fused-ring (bicyclic) bond motifs is 2. The third-order valence-electron chi connectivity index (χ3n) is 7.41. The van der Waals surface area contributed by atoms with Gasteiger partial charge in [0, 0.05) is 46.9 Å². The number of nitrogens with one attached hydrogen (secondary N) is 2. The average molecular weight is 504 g/mol. The van der Waals surface area contributed by atoms with Gasteiger partial charge in [0.15, 0.2) is 0 Å². The Morgan fingerprint density at radius 2 is 1.74 bits per heavy atom.